The Bertz CT molecular complexity index is 1010. The minimum Gasteiger partial charge on any atom is -0.493 e. The lowest BCUT2D eigenvalue weighted by molar-refractivity contribution is -0.135. The molecular weight excluding hydrogens is 472 g/mol. The van der Waals surface area contributed by atoms with Gasteiger partial charge in [-0.3, -0.25) is 14.5 Å². The molecule has 3 aliphatic heterocycles. The molecule has 1 saturated carbocycles. The molecule has 1 aromatic rings. The average Bonchev–Trinajstić information content (AvgIpc) is 3.16. The van der Waals surface area contributed by atoms with Crippen molar-refractivity contribution in [2.75, 3.05) is 53.6 Å². The monoisotopic (exact) mass is 504 g/mol. The zero-order valence-electron chi connectivity index (χ0n) is 20.3. The lowest BCUT2D eigenvalue weighted by Gasteiger charge is -2.37. The van der Waals surface area contributed by atoms with Crippen LogP contribution in [0.1, 0.15) is 37.3 Å². The number of carbonyl (C=O) groups excluding carboxylic acids is 2. The van der Waals surface area contributed by atoms with Crippen LogP contribution in [0.25, 0.3) is 0 Å². The molecule has 1 aliphatic carbocycles. The van der Waals surface area contributed by atoms with Gasteiger partial charge in [0.2, 0.25) is 0 Å². The highest BCUT2D eigenvalue weighted by Gasteiger charge is 2.52. The van der Waals surface area contributed by atoms with E-state index in [1.54, 1.807) is 19.1 Å². The van der Waals surface area contributed by atoms with E-state index in [4.69, 9.17) is 30.5 Å². The first-order chi connectivity index (χ1) is 17.0. The zero-order valence-corrected chi connectivity index (χ0v) is 21.1. The van der Waals surface area contributed by atoms with Crippen molar-refractivity contribution in [1.82, 2.24) is 9.80 Å². The predicted molar refractivity (Wildman–Crippen MR) is 130 cm³/mol. The number of ketones is 1. The minimum absolute atomic E-state index is 0.00888. The lowest BCUT2D eigenvalue weighted by Crippen LogP contribution is -2.41. The van der Waals surface area contributed by atoms with E-state index in [2.05, 4.69) is 4.90 Å². The van der Waals surface area contributed by atoms with Crippen LogP contribution < -0.4 is 9.47 Å². The summed E-state index contributed by atoms with van der Waals surface area (Å²) in [6.45, 7) is 4.65. The first-order valence-corrected chi connectivity index (χ1v) is 12.9. The van der Waals surface area contributed by atoms with E-state index in [-0.39, 0.29) is 34.8 Å². The molecule has 2 fully saturated rings. The molecule has 9 heteroatoms. The molecule has 1 amide bonds. The van der Waals surface area contributed by atoms with Gasteiger partial charge < -0.3 is 23.8 Å². The smallest absolute Gasteiger partial charge is 0.290 e. The Hall–Kier alpha value is -2.29. The van der Waals surface area contributed by atoms with Gasteiger partial charge in [0.25, 0.3) is 5.91 Å². The van der Waals surface area contributed by atoms with E-state index in [0.717, 1.165) is 51.3 Å². The number of fused-ring (bicyclic) bond motifs is 1. The standard InChI is InChI=1S/C26H33ClN2O6/c1-32-20-6-4-16(14-21(20)33-2)23-22-24(30)18-15-17(27)5-7-19(18)35-25(22)26(31)29(23)9-3-8-28-10-12-34-13-11-28/h4,6,14,17-19,23H,3,5,7-13,15H2,1-2H3. The van der Waals surface area contributed by atoms with Gasteiger partial charge in [0.15, 0.2) is 23.0 Å². The molecule has 4 atom stereocenters. The molecule has 0 aromatic heterocycles. The number of morpholine rings is 1. The van der Waals surface area contributed by atoms with Crippen LogP contribution in [0.3, 0.4) is 0 Å². The first-order valence-electron chi connectivity index (χ1n) is 12.4. The van der Waals surface area contributed by atoms with Crippen LogP contribution in [0.15, 0.2) is 29.5 Å². The SMILES string of the molecule is COc1ccc(C2C3=C(OC4CCC(Cl)CC4C3=O)C(=O)N2CCCN2CCOCC2)cc1OC. The second-order valence-electron chi connectivity index (χ2n) is 9.60. The second kappa shape index (κ2) is 10.4. The van der Waals surface area contributed by atoms with Crippen LogP contribution in [0.5, 0.6) is 11.5 Å². The molecule has 8 nitrogen and oxygen atoms in total. The molecule has 4 aliphatic rings. The van der Waals surface area contributed by atoms with Crippen LogP contribution >= 0.6 is 11.6 Å². The number of hydrogen-bond acceptors (Lipinski definition) is 7. The summed E-state index contributed by atoms with van der Waals surface area (Å²) in [6.07, 6.45) is 2.56. The maximum absolute atomic E-state index is 13.8. The maximum atomic E-state index is 13.8. The minimum atomic E-state index is -0.522. The van der Waals surface area contributed by atoms with Crippen molar-refractivity contribution in [1.29, 1.82) is 0 Å². The van der Waals surface area contributed by atoms with E-state index in [0.29, 0.717) is 36.5 Å². The highest BCUT2D eigenvalue weighted by Crippen LogP contribution is 2.48. The van der Waals surface area contributed by atoms with Gasteiger partial charge in [-0.25, -0.2) is 0 Å². The molecule has 0 spiro atoms. The van der Waals surface area contributed by atoms with E-state index in [9.17, 15) is 9.59 Å². The van der Waals surface area contributed by atoms with Crippen LogP contribution in [0.2, 0.25) is 0 Å². The van der Waals surface area contributed by atoms with Crippen molar-refractivity contribution < 1.29 is 28.5 Å². The number of rotatable bonds is 7. The fraction of sp³-hybridized carbons (Fsp3) is 0.615. The summed E-state index contributed by atoms with van der Waals surface area (Å²) in [6, 6.07) is 5.04. The third-order valence-corrected chi connectivity index (χ3v) is 7.98. The summed E-state index contributed by atoms with van der Waals surface area (Å²) in [7, 11) is 3.16. The van der Waals surface area contributed by atoms with Crippen molar-refractivity contribution >= 4 is 23.3 Å². The lowest BCUT2D eigenvalue weighted by atomic mass is 9.77. The normalized spacial score (nSPS) is 29.1. The number of carbonyl (C=O) groups is 2. The van der Waals surface area contributed by atoms with E-state index < -0.39 is 6.04 Å². The quantitative estimate of drug-likeness (QED) is 0.528. The number of Topliss-reactive ketones (excluding diaryl/α,β-unsaturated/α-hetero) is 1. The summed E-state index contributed by atoms with van der Waals surface area (Å²) < 4.78 is 22.6. The van der Waals surface area contributed by atoms with Gasteiger partial charge in [-0.05, 0) is 43.4 Å². The molecule has 4 unspecified atom stereocenters. The predicted octanol–water partition coefficient (Wildman–Crippen LogP) is 2.94. The molecule has 5 rings (SSSR count). The fourth-order valence-electron chi connectivity index (χ4n) is 5.75. The average molecular weight is 505 g/mol. The number of hydrogen-bond donors (Lipinski definition) is 0. The molecule has 0 N–H and O–H groups in total. The molecule has 0 radical (unpaired) electrons. The van der Waals surface area contributed by atoms with Gasteiger partial charge in [0, 0.05) is 31.6 Å². The maximum Gasteiger partial charge on any atom is 0.290 e. The topological polar surface area (TPSA) is 77.5 Å². The number of alkyl halides is 1. The van der Waals surface area contributed by atoms with Crippen molar-refractivity contribution in [3.63, 3.8) is 0 Å². The van der Waals surface area contributed by atoms with E-state index in [1.807, 2.05) is 18.2 Å². The Morgan fingerprint density at radius 2 is 1.83 bits per heavy atom. The van der Waals surface area contributed by atoms with Crippen molar-refractivity contribution in [3.05, 3.63) is 35.1 Å². The highest BCUT2D eigenvalue weighted by molar-refractivity contribution is 6.21. The molecule has 1 saturated heterocycles. The van der Waals surface area contributed by atoms with E-state index >= 15 is 0 Å². The second-order valence-corrected chi connectivity index (χ2v) is 10.2. The third-order valence-electron chi connectivity index (χ3n) is 7.58. The molecule has 1 aromatic carbocycles. The highest BCUT2D eigenvalue weighted by atomic mass is 35.5. The van der Waals surface area contributed by atoms with Gasteiger partial charge in [0.05, 0.1) is 45.0 Å². The molecule has 190 valence electrons. The summed E-state index contributed by atoms with van der Waals surface area (Å²) in [5, 5.41) is -0.0489. The summed E-state index contributed by atoms with van der Waals surface area (Å²) >= 11 is 6.43. The summed E-state index contributed by atoms with van der Waals surface area (Å²) in [5.41, 5.74) is 1.27. The van der Waals surface area contributed by atoms with Crippen LogP contribution in [-0.4, -0.2) is 86.6 Å². The third kappa shape index (κ3) is 4.63. The van der Waals surface area contributed by atoms with Crippen LogP contribution in [0, 0.1) is 5.92 Å². The van der Waals surface area contributed by atoms with Crippen LogP contribution in [-0.2, 0) is 19.1 Å². The first kappa shape index (κ1) is 24.4. The Labute approximate surface area is 211 Å². The van der Waals surface area contributed by atoms with Crippen molar-refractivity contribution in [3.8, 4) is 11.5 Å². The van der Waals surface area contributed by atoms with Crippen molar-refractivity contribution in [2.45, 2.75) is 43.2 Å². The number of nitrogens with zero attached hydrogens (tertiary/aromatic N) is 2. The number of halogens is 1. The molecule has 35 heavy (non-hydrogen) atoms. The summed E-state index contributed by atoms with van der Waals surface area (Å²) in [4.78, 5) is 31.6. The van der Waals surface area contributed by atoms with Gasteiger partial charge in [-0.1, -0.05) is 6.07 Å². The van der Waals surface area contributed by atoms with Crippen molar-refractivity contribution in [2.24, 2.45) is 5.92 Å². The van der Waals surface area contributed by atoms with Gasteiger partial charge in [-0.2, -0.15) is 0 Å². The van der Waals surface area contributed by atoms with Gasteiger partial charge >= 0.3 is 0 Å². The number of methoxy groups -OCH3 is 2. The zero-order chi connectivity index (χ0) is 24.5. The Balaban J connectivity index is 1.46. The number of ether oxygens (including phenoxy) is 4. The van der Waals surface area contributed by atoms with Gasteiger partial charge in [-0.15, -0.1) is 11.6 Å². The number of benzene rings is 1. The largest absolute Gasteiger partial charge is 0.493 e. The summed E-state index contributed by atoms with van der Waals surface area (Å²) in [5.74, 6) is 0.841. The number of amides is 1. The molecular formula is C26H33ClN2O6. The van der Waals surface area contributed by atoms with E-state index in [1.165, 1.54) is 0 Å². The molecule has 0 bridgehead atoms. The molecule has 3 heterocycles. The Kier molecular flexibility index (Phi) is 7.23. The Morgan fingerprint density at radius 1 is 1.06 bits per heavy atom. The van der Waals surface area contributed by atoms with Crippen LogP contribution in [0.4, 0.5) is 0 Å². The Morgan fingerprint density at radius 3 is 2.57 bits per heavy atom. The fourth-order valence-corrected chi connectivity index (χ4v) is 6.07. The van der Waals surface area contributed by atoms with Gasteiger partial charge in [0.1, 0.15) is 6.10 Å².